The normalized spacial score (nSPS) is 16.5. The van der Waals surface area contributed by atoms with Gasteiger partial charge in [0.15, 0.2) is 17.4 Å². The number of amides is 1. The Bertz CT molecular complexity index is 919. The molecule has 3 aromatic rings. The van der Waals surface area contributed by atoms with Crippen molar-refractivity contribution in [2.45, 2.75) is 25.3 Å². The van der Waals surface area contributed by atoms with Crippen LogP contribution in [0.2, 0.25) is 0 Å². The lowest BCUT2D eigenvalue weighted by molar-refractivity contribution is 0.0648. The quantitative estimate of drug-likeness (QED) is 0.704. The van der Waals surface area contributed by atoms with Gasteiger partial charge in [0.25, 0.3) is 5.91 Å². The van der Waals surface area contributed by atoms with Gasteiger partial charge < -0.3 is 13.9 Å². The van der Waals surface area contributed by atoms with E-state index in [0.29, 0.717) is 18.8 Å². The summed E-state index contributed by atoms with van der Waals surface area (Å²) in [5.41, 5.74) is 1.03. The zero-order chi connectivity index (χ0) is 18.1. The second kappa shape index (κ2) is 6.99. The molecule has 0 saturated carbocycles. The van der Waals surface area contributed by atoms with Crippen LogP contribution in [-0.2, 0) is 12.3 Å². The Hall–Kier alpha value is -2.54. The Balaban J connectivity index is 1.58. The van der Waals surface area contributed by atoms with Crippen molar-refractivity contribution in [3.63, 3.8) is 0 Å². The highest BCUT2D eigenvalue weighted by Crippen LogP contribution is 2.28. The lowest BCUT2D eigenvalue weighted by Gasteiger charge is -2.32. The minimum atomic E-state index is -0.0975. The molecule has 1 aliphatic rings. The second-order valence-electron chi connectivity index (χ2n) is 6.41. The van der Waals surface area contributed by atoms with E-state index in [4.69, 9.17) is 4.42 Å². The average molecular weight is 368 g/mol. The third-order valence-corrected chi connectivity index (χ3v) is 5.08. The zero-order valence-corrected chi connectivity index (χ0v) is 15.6. The fraction of sp³-hybridized carbons (Fsp3) is 0.316. The van der Waals surface area contributed by atoms with Gasteiger partial charge in [-0.2, -0.15) is 11.8 Å². The molecule has 134 valence electrons. The number of hydrogen-bond acceptors (Lipinski definition) is 5. The van der Waals surface area contributed by atoms with Gasteiger partial charge in [-0.25, -0.2) is 0 Å². The molecule has 0 N–H and O–H groups in total. The summed E-state index contributed by atoms with van der Waals surface area (Å²) in [7, 11) is 0. The first kappa shape index (κ1) is 16.9. The molecule has 1 amide bonds. The largest absolute Gasteiger partial charge is 0.455 e. The monoisotopic (exact) mass is 368 g/mol. The topological polar surface area (TPSA) is 64.2 Å². The highest BCUT2D eigenvalue weighted by molar-refractivity contribution is 7.97. The molecule has 1 aliphatic heterocycles. The van der Waals surface area contributed by atoms with E-state index in [2.05, 4.69) is 21.7 Å². The van der Waals surface area contributed by atoms with Gasteiger partial charge in [0.05, 0.1) is 18.3 Å². The van der Waals surface area contributed by atoms with E-state index in [9.17, 15) is 4.79 Å². The van der Waals surface area contributed by atoms with Gasteiger partial charge in [-0.1, -0.05) is 30.3 Å². The molecule has 3 heterocycles. The predicted octanol–water partition coefficient (Wildman–Crippen LogP) is 3.62. The Kier molecular flexibility index (Phi) is 4.55. The molecule has 0 fully saturated rings. The molecule has 0 saturated heterocycles. The van der Waals surface area contributed by atoms with E-state index in [-0.39, 0.29) is 11.9 Å². The predicted molar refractivity (Wildman–Crippen MR) is 101 cm³/mol. The summed E-state index contributed by atoms with van der Waals surface area (Å²) in [4.78, 5) is 14.6. The summed E-state index contributed by atoms with van der Waals surface area (Å²) in [6.07, 6.45) is 2.01. The Morgan fingerprint density at radius 3 is 2.81 bits per heavy atom. The number of fused-ring (bicyclic) bond motifs is 1. The summed E-state index contributed by atoms with van der Waals surface area (Å²) < 4.78 is 7.81. The third kappa shape index (κ3) is 3.03. The SMILES string of the molecule is CSCc1ccc(C(=O)N2Cc3nnc(-c4ccccc4)n3[C@@H](C)C2)o1. The summed E-state index contributed by atoms with van der Waals surface area (Å²) in [5, 5.41) is 8.69. The van der Waals surface area contributed by atoms with Crippen molar-refractivity contribution in [2.75, 3.05) is 12.8 Å². The van der Waals surface area contributed by atoms with Crippen molar-refractivity contribution >= 4 is 17.7 Å². The van der Waals surface area contributed by atoms with Crippen LogP contribution in [0.5, 0.6) is 0 Å². The molecule has 7 heteroatoms. The molecule has 26 heavy (non-hydrogen) atoms. The van der Waals surface area contributed by atoms with Gasteiger partial charge in [-0.3, -0.25) is 4.79 Å². The molecule has 1 aromatic carbocycles. The highest BCUT2D eigenvalue weighted by atomic mass is 32.2. The van der Waals surface area contributed by atoms with E-state index < -0.39 is 0 Å². The fourth-order valence-electron chi connectivity index (χ4n) is 3.34. The van der Waals surface area contributed by atoms with Crippen molar-refractivity contribution < 1.29 is 9.21 Å². The zero-order valence-electron chi connectivity index (χ0n) is 14.8. The van der Waals surface area contributed by atoms with E-state index in [1.807, 2.05) is 42.7 Å². The molecule has 6 nitrogen and oxygen atoms in total. The molecular weight excluding hydrogens is 348 g/mol. The van der Waals surface area contributed by atoms with E-state index >= 15 is 0 Å². The van der Waals surface area contributed by atoms with Crippen molar-refractivity contribution in [1.82, 2.24) is 19.7 Å². The lowest BCUT2D eigenvalue weighted by atomic mass is 10.1. The maximum atomic E-state index is 12.8. The number of aromatic nitrogens is 3. The van der Waals surface area contributed by atoms with Crippen LogP contribution in [0.4, 0.5) is 0 Å². The van der Waals surface area contributed by atoms with Gasteiger partial charge in [-0.05, 0) is 25.3 Å². The first-order valence-corrected chi connectivity index (χ1v) is 9.93. The minimum absolute atomic E-state index is 0.0912. The number of hydrogen-bond donors (Lipinski definition) is 0. The van der Waals surface area contributed by atoms with Crippen molar-refractivity contribution in [3.8, 4) is 11.4 Å². The maximum Gasteiger partial charge on any atom is 0.290 e. The first-order valence-electron chi connectivity index (χ1n) is 8.53. The molecule has 0 unspecified atom stereocenters. The molecule has 0 spiro atoms. The van der Waals surface area contributed by atoms with Crippen LogP contribution in [-0.4, -0.2) is 38.4 Å². The van der Waals surface area contributed by atoms with Crippen LogP contribution in [0.1, 0.15) is 35.1 Å². The van der Waals surface area contributed by atoms with E-state index in [0.717, 1.165) is 28.7 Å². The van der Waals surface area contributed by atoms with Crippen molar-refractivity contribution in [3.05, 3.63) is 59.8 Å². The first-order chi connectivity index (χ1) is 12.7. The third-order valence-electron chi connectivity index (χ3n) is 4.50. The molecule has 0 bridgehead atoms. The number of carbonyl (C=O) groups excluding carboxylic acids is 1. The highest BCUT2D eigenvalue weighted by Gasteiger charge is 2.31. The summed E-state index contributed by atoms with van der Waals surface area (Å²) in [6.45, 7) is 3.11. The Morgan fingerprint density at radius 1 is 1.23 bits per heavy atom. The summed E-state index contributed by atoms with van der Waals surface area (Å²) >= 11 is 1.67. The second-order valence-corrected chi connectivity index (χ2v) is 7.28. The van der Waals surface area contributed by atoms with Crippen LogP contribution < -0.4 is 0 Å². The Morgan fingerprint density at radius 2 is 2.04 bits per heavy atom. The van der Waals surface area contributed by atoms with Crippen LogP contribution in [0.15, 0.2) is 46.9 Å². The molecule has 0 aliphatic carbocycles. The van der Waals surface area contributed by atoms with E-state index in [1.54, 1.807) is 22.7 Å². The molecule has 1 atom stereocenters. The minimum Gasteiger partial charge on any atom is -0.455 e. The molecular formula is C19H20N4O2S. The number of carbonyl (C=O) groups is 1. The molecule has 0 radical (unpaired) electrons. The maximum absolute atomic E-state index is 12.8. The number of benzene rings is 1. The lowest BCUT2D eigenvalue weighted by Crippen LogP contribution is -2.40. The summed E-state index contributed by atoms with van der Waals surface area (Å²) in [5.74, 6) is 3.52. The number of furan rings is 1. The van der Waals surface area contributed by atoms with Gasteiger partial charge in [0.1, 0.15) is 5.76 Å². The van der Waals surface area contributed by atoms with Crippen LogP contribution in [0.25, 0.3) is 11.4 Å². The van der Waals surface area contributed by atoms with Crippen LogP contribution in [0.3, 0.4) is 0 Å². The van der Waals surface area contributed by atoms with Crippen LogP contribution >= 0.6 is 11.8 Å². The molecule has 2 aromatic heterocycles. The fourth-order valence-corrected chi connectivity index (χ4v) is 3.78. The smallest absolute Gasteiger partial charge is 0.290 e. The average Bonchev–Trinajstić information content (AvgIpc) is 3.29. The number of nitrogens with zero attached hydrogens (tertiary/aromatic N) is 4. The Labute approximate surface area is 156 Å². The number of thioether (sulfide) groups is 1. The van der Waals surface area contributed by atoms with E-state index in [1.165, 1.54) is 0 Å². The van der Waals surface area contributed by atoms with Crippen molar-refractivity contribution in [1.29, 1.82) is 0 Å². The van der Waals surface area contributed by atoms with Gasteiger partial charge >= 0.3 is 0 Å². The number of rotatable bonds is 4. The van der Waals surface area contributed by atoms with Crippen molar-refractivity contribution in [2.24, 2.45) is 0 Å². The van der Waals surface area contributed by atoms with Crippen LogP contribution in [0, 0.1) is 0 Å². The summed E-state index contributed by atoms with van der Waals surface area (Å²) in [6, 6.07) is 13.7. The molecule has 4 rings (SSSR count). The standard InChI is InChI=1S/C19H20N4O2S/c1-13-10-22(19(24)16-9-8-15(25-16)12-26-2)11-17-20-21-18(23(13)17)14-6-4-3-5-7-14/h3-9,13H,10-12H2,1-2H3/t13-/m0/s1. The van der Waals surface area contributed by atoms with Gasteiger partial charge in [0.2, 0.25) is 0 Å². The van der Waals surface area contributed by atoms with Gasteiger partial charge in [-0.15, -0.1) is 10.2 Å². The van der Waals surface area contributed by atoms with Gasteiger partial charge in [0, 0.05) is 12.1 Å².